The summed E-state index contributed by atoms with van der Waals surface area (Å²) in [4.78, 5) is 3.04. The highest BCUT2D eigenvalue weighted by atomic mass is 127. The van der Waals surface area contributed by atoms with E-state index in [4.69, 9.17) is 11.6 Å². The highest BCUT2D eigenvalue weighted by Gasteiger charge is 1.99. The first-order valence-corrected chi connectivity index (χ1v) is 4.64. The van der Waals surface area contributed by atoms with Gasteiger partial charge in [0.25, 0.3) is 0 Å². The van der Waals surface area contributed by atoms with Crippen molar-refractivity contribution in [3.63, 3.8) is 0 Å². The van der Waals surface area contributed by atoms with Crippen molar-refractivity contribution in [3.8, 4) is 0 Å². The Kier molecular flexibility index (Phi) is 1.81. The highest BCUT2D eigenvalue weighted by Crippen LogP contribution is 2.24. The molecule has 0 spiro atoms. The van der Waals surface area contributed by atoms with Gasteiger partial charge in [0, 0.05) is 31.8 Å². The Morgan fingerprint density at radius 2 is 2.09 bits per heavy atom. The van der Waals surface area contributed by atoms with Crippen LogP contribution in [0.2, 0.25) is 5.02 Å². The summed E-state index contributed by atoms with van der Waals surface area (Å²) in [6, 6.07) is 3.91. The minimum absolute atomic E-state index is 0.793. The van der Waals surface area contributed by atoms with Gasteiger partial charge in [0.1, 0.15) is 0 Å². The zero-order chi connectivity index (χ0) is 7.84. The molecule has 0 unspecified atom stereocenters. The summed E-state index contributed by atoms with van der Waals surface area (Å²) < 4.78 is 1.19. The van der Waals surface area contributed by atoms with Crippen LogP contribution in [0.15, 0.2) is 24.5 Å². The average Bonchev–Trinajstić information content (AvgIpc) is 2.34. The predicted octanol–water partition coefficient (Wildman–Crippen LogP) is 3.43. The lowest BCUT2D eigenvalue weighted by Crippen LogP contribution is -1.71. The SMILES string of the molecule is Clc1cc(I)c2c[nH]cc2c1. The van der Waals surface area contributed by atoms with Crippen molar-refractivity contribution in [1.82, 2.24) is 4.98 Å². The van der Waals surface area contributed by atoms with Gasteiger partial charge in [0.2, 0.25) is 0 Å². The number of halogens is 2. The molecule has 0 amide bonds. The first-order valence-electron chi connectivity index (χ1n) is 3.19. The van der Waals surface area contributed by atoms with Gasteiger partial charge in [-0.25, -0.2) is 0 Å². The molecular formula is C8H5ClIN. The van der Waals surface area contributed by atoms with Gasteiger partial charge in [0.05, 0.1) is 0 Å². The van der Waals surface area contributed by atoms with Gasteiger partial charge in [-0.15, -0.1) is 0 Å². The Morgan fingerprint density at radius 3 is 2.91 bits per heavy atom. The van der Waals surface area contributed by atoms with Crippen LogP contribution in [0.1, 0.15) is 0 Å². The molecule has 0 radical (unpaired) electrons. The third kappa shape index (κ3) is 1.25. The second kappa shape index (κ2) is 2.68. The maximum absolute atomic E-state index is 5.86. The number of hydrogen-bond donors (Lipinski definition) is 1. The van der Waals surface area contributed by atoms with E-state index in [2.05, 4.69) is 27.6 Å². The molecule has 1 heterocycles. The number of aromatic nitrogens is 1. The molecule has 11 heavy (non-hydrogen) atoms. The number of benzene rings is 1. The first-order chi connectivity index (χ1) is 5.27. The Morgan fingerprint density at radius 1 is 1.27 bits per heavy atom. The van der Waals surface area contributed by atoms with Crippen LogP contribution in [0.25, 0.3) is 10.8 Å². The van der Waals surface area contributed by atoms with Crippen molar-refractivity contribution in [2.75, 3.05) is 0 Å². The first kappa shape index (κ1) is 7.43. The number of rotatable bonds is 0. The third-order valence-electron chi connectivity index (χ3n) is 1.59. The third-order valence-corrected chi connectivity index (χ3v) is 2.70. The summed E-state index contributed by atoms with van der Waals surface area (Å²) in [7, 11) is 0. The molecule has 3 heteroatoms. The monoisotopic (exact) mass is 277 g/mol. The molecular weight excluding hydrogens is 272 g/mol. The molecule has 0 atom stereocenters. The molecule has 0 saturated heterocycles. The van der Waals surface area contributed by atoms with E-state index < -0.39 is 0 Å². The second-order valence-electron chi connectivity index (χ2n) is 2.35. The van der Waals surface area contributed by atoms with E-state index >= 15 is 0 Å². The van der Waals surface area contributed by atoms with Gasteiger partial charge in [-0.2, -0.15) is 0 Å². The van der Waals surface area contributed by atoms with Crippen LogP contribution >= 0.6 is 34.2 Å². The van der Waals surface area contributed by atoms with E-state index in [9.17, 15) is 0 Å². The molecule has 1 nitrogen and oxygen atoms in total. The molecule has 1 aromatic carbocycles. The van der Waals surface area contributed by atoms with Crippen molar-refractivity contribution in [2.24, 2.45) is 0 Å². The van der Waals surface area contributed by atoms with E-state index in [0.717, 1.165) is 5.02 Å². The van der Waals surface area contributed by atoms with Crippen molar-refractivity contribution >= 4 is 45.0 Å². The average molecular weight is 277 g/mol. The van der Waals surface area contributed by atoms with Crippen molar-refractivity contribution in [3.05, 3.63) is 33.1 Å². The summed E-state index contributed by atoms with van der Waals surface area (Å²) in [6.45, 7) is 0. The molecule has 2 aromatic rings. The molecule has 0 aliphatic heterocycles. The fraction of sp³-hybridized carbons (Fsp3) is 0. The summed E-state index contributed by atoms with van der Waals surface area (Å²) in [5.41, 5.74) is 0. The maximum Gasteiger partial charge on any atom is 0.0423 e. The van der Waals surface area contributed by atoms with Crippen LogP contribution in [-0.2, 0) is 0 Å². The Bertz CT molecular complexity index is 394. The molecule has 0 aliphatic carbocycles. The van der Waals surface area contributed by atoms with Gasteiger partial charge in [-0.3, -0.25) is 0 Å². The van der Waals surface area contributed by atoms with Gasteiger partial charge < -0.3 is 4.98 Å². The van der Waals surface area contributed by atoms with Crippen LogP contribution in [0.4, 0.5) is 0 Å². The fourth-order valence-electron chi connectivity index (χ4n) is 1.09. The number of H-pyrrole nitrogens is 1. The highest BCUT2D eigenvalue weighted by molar-refractivity contribution is 14.1. The van der Waals surface area contributed by atoms with E-state index in [0.29, 0.717) is 0 Å². The number of fused-ring (bicyclic) bond motifs is 1. The molecule has 0 saturated carbocycles. The minimum Gasteiger partial charge on any atom is -0.366 e. The zero-order valence-corrected chi connectivity index (χ0v) is 8.48. The maximum atomic E-state index is 5.86. The summed E-state index contributed by atoms with van der Waals surface area (Å²) in [5.74, 6) is 0. The summed E-state index contributed by atoms with van der Waals surface area (Å²) in [6.07, 6.45) is 3.93. The molecule has 1 aromatic heterocycles. The Balaban J connectivity index is 2.91. The zero-order valence-electron chi connectivity index (χ0n) is 5.57. The van der Waals surface area contributed by atoms with E-state index in [1.807, 2.05) is 24.5 Å². The molecule has 0 fully saturated rings. The van der Waals surface area contributed by atoms with E-state index in [-0.39, 0.29) is 0 Å². The molecule has 1 N–H and O–H groups in total. The smallest absolute Gasteiger partial charge is 0.0423 e. The van der Waals surface area contributed by atoms with Crippen molar-refractivity contribution < 1.29 is 0 Å². The van der Waals surface area contributed by atoms with Gasteiger partial charge in [0.15, 0.2) is 0 Å². The molecule has 56 valence electrons. The lowest BCUT2D eigenvalue weighted by Gasteiger charge is -1.94. The standard InChI is InChI=1S/C8H5ClIN/c9-6-1-5-3-11-4-7(5)8(10)2-6/h1-4,11H. The van der Waals surface area contributed by atoms with E-state index in [1.165, 1.54) is 14.3 Å². The molecule has 0 bridgehead atoms. The largest absolute Gasteiger partial charge is 0.366 e. The van der Waals surface area contributed by atoms with Gasteiger partial charge in [-0.05, 0) is 34.7 Å². The fourth-order valence-corrected chi connectivity index (χ4v) is 2.30. The summed E-state index contributed by atoms with van der Waals surface area (Å²) >= 11 is 8.14. The van der Waals surface area contributed by atoms with Crippen LogP contribution in [0.5, 0.6) is 0 Å². The number of aromatic amines is 1. The van der Waals surface area contributed by atoms with Crippen LogP contribution < -0.4 is 0 Å². The van der Waals surface area contributed by atoms with Crippen molar-refractivity contribution in [2.45, 2.75) is 0 Å². The van der Waals surface area contributed by atoms with Crippen LogP contribution in [0.3, 0.4) is 0 Å². The normalized spacial score (nSPS) is 10.7. The van der Waals surface area contributed by atoms with Crippen LogP contribution in [0, 0.1) is 3.57 Å². The lowest BCUT2D eigenvalue weighted by molar-refractivity contribution is 1.43. The molecule has 0 aliphatic rings. The van der Waals surface area contributed by atoms with Crippen LogP contribution in [-0.4, -0.2) is 4.98 Å². The van der Waals surface area contributed by atoms with Gasteiger partial charge in [-0.1, -0.05) is 11.6 Å². The number of hydrogen-bond acceptors (Lipinski definition) is 0. The summed E-state index contributed by atoms with van der Waals surface area (Å²) in [5, 5.41) is 3.19. The Labute approximate surface area is 82.9 Å². The van der Waals surface area contributed by atoms with Gasteiger partial charge >= 0.3 is 0 Å². The Hall–Kier alpha value is -0.220. The van der Waals surface area contributed by atoms with Crippen molar-refractivity contribution in [1.29, 1.82) is 0 Å². The topological polar surface area (TPSA) is 15.8 Å². The molecule has 2 rings (SSSR count). The van der Waals surface area contributed by atoms with E-state index in [1.54, 1.807) is 0 Å². The minimum atomic E-state index is 0.793. The second-order valence-corrected chi connectivity index (χ2v) is 3.94. The quantitative estimate of drug-likeness (QED) is 0.710. The predicted molar refractivity (Wildman–Crippen MR) is 56.0 cm³/mol. The lowest BCUT2D eigenvalue weighted by atomic mass is 10.2. The number of nitrogens with one attached hydrogen (secondary N) is 1.